The molecule has 5 rings (SSSR count). The van der Waals surface area contributed by atoms with E-state index in [1.54, 1.807) is 30.3 Å². The number of para-hydroxylation sites is 1. The van der Waals surface area contributed by atoms with E-state index in [0.717, 1.165) is 21.9 Å². The van der Waals surface area contributed by atoms with Gasteiger partial charge in [0.25, 0.3) is 17.4 Å². The van der Waals surface area contributed by atoms with Crippen LogP contribution in [-0.2, 0) is 30.2 Å². The highest BCUT2D eigenvalue weighted by Crippen LogP contribution is 2.35. The Morgan fingerprint density at radius 3 is 2.38 bits per heavy atom. The van der Waals surface area contributed by atoms with Crippen LogP contribution < -0.4 is 21.6 Å². The summed E-state index contributed by atoms with van der Waals surface area (Å²) < 4.78 is 3.55. The molecule has 2 aromatic heterocycles. The monoisotopic (exact) mass is 515 g/mol. The number of nitrogens with zero attached hydrogens (tertiary/aromatic N) is 6. The minimum Gasteiger partial charge on any atom is -0.315 e. The quantitative estimate of drug-likeness (QED) is 0.318. The molecule has 186 valence electrons. The molecule has 1 aliphatic rings. The van der Waals surface area contributed by atoms with Gasteiger partial charge in [-0.1, -0.05) is 48.5 Å². The van der Waals surface area contributed by atoms with E-state index < -0.39 is 17.2 Å². The summed E-state index contributed by atoms with van der Waals surface area (Å²) >= 11 is 1.14. The number of amides is 2. The number of aryl methyl sites for hydroxylation is 1. The van der Waals surface area contributed by atoms with Crippen molar-refractivity contribution < 1.29 is 9.59 Å². The van der Waals surface area contributed by atoms with Gasteiger partial charge in [0, 0.05) is 14.1 Å². The number of fused-ring (bicyclic) bond motifs is 1. The third-order valence-electron chi connectivity index (χ3n) is 5.73. The minimum absolute atomic E-state index is 0.122. The third-order valence-corrected chi connectivity index (χ3v) is 6.69. The van der Waals surface area contributed by atoms with E-state index in [4.69, 9.17) is 0 Å². The van der Waals surface area contributed by atoms with Crippen molar-refractivity contribution in [3.05, 3.63) is 98.3 Å². The number of amidine groups is 1. The number of carbonyl (C=O) groups is 2. The van der Waals surface area contributed by atoms with Crippen molar-refractivity contribution in [2.75, 3.05) is 4.90 Å². The van der Waals surface area contributed by atoms with Gasteiger partial charge in [0.2, 0.25) is 0 Å². The van der Waals surface area contributed by atoms with Crippen molar-refractivity contribution in [3.63, 3.8) is 0 Å². The highest BCUT2D eigenvalue weighted by molar-refractivity contribution is 8.19. The molecule has 11 nitrogen and oxygen atoms in total. The fraction of sp³-hybridized carbons (Fsp3) is 0.120. The van der Waals surface area contributed by atoms with E-state index in [1.807, 2.05) is 36.4 Å². The summed E-state index contributed by atoms with van der Waals surface area (Å²) in [6.07, 6.45) is 3.09. The smallest absolute Gasteiger partial charge is 0.315 e. The van der Waals surface area contributed by atoms with Crippen LogP contribution in [0.2, 0.25) is 0 Å². The lowest BCUT2D eigenvalue weighted by molar-refractivity contribution is -0.121. The second kappa shape index (κ2) is 9.74. The van der Waals surface area contributed by atoms with E-state index in [1.165, 1.54) is 34.5 Å². The van der Waals surface area contributed by atoms with Crippen LogP contribution in [0.1, 0.15) is 5.56 Å². The lowest BCUT2D eigenvalue weighted by Crippen LogP contribution is -2.38. The predicted octanol–water partition coefficient (Wildman–Crippen LogP) is 1.64. The second-order valence-electron chi connectivity index (χ2n) is 8.18. The Bertz CT molecular complexity index is 1700. The Morgan fingerprint density at radius 2 is 1.68 bits per heavy atom. The second-order valence-corrected chi connectivity index (χ2v) is 9.19. The average molecular weight is 516 g/mol. The maximum atomic E-state index is 13.3. The number of thioether (sulfide) groups is 1. The molecule has 1 saturated heterocycles. The van der Waals surface area contributed by atoms with Gasteiger partial charge in [0.05, 0.1) is 16.9 Å². The lowest BCUT2D eigenvalue weighted by atomic mass is 10.2. The average Bonchev–Trinajstić information content (AvgIpc) is 3.46. The summed E-state index contributed by atoms with van der Waals surface area (Å²) in [6, 6.07) is 18.4. The molecule has 1 aliphatic heterocycles. The number of imidazole rings is 1. The first kappa shape index (κ1) is 24.0. The number of rotatable bonds is 5. The molecule has 0 bridgehead atoms. The molecule has 12 heteroatoms. The zero-order chi connectivity index (χ0) is 26.1. The summed E-state index contributed by atoms with van der Waals surface area (Å²) in [5.41, 5.74) is 3.17. The molecular formula is C25H21N7O4S. The molecule has 0 atom stereocenters. The van der Waals surface area contributed by atoms with Gasteiger partial charge in [0.15, 0.2) is 16.3 Å². The van der Waals surface area contributed by atoms with E-state index in [-0.39, 0.29) is 28.8 Å². The summed E-state index contributed by atoms with van der Waals surface area (Å²) in [5.74, 6) is -0.803. The Labute approximate surface area is 214 Å². The molecular weight excluding hydrogens is 494 g/mol. The van der Waals surface area contributed by atoms with Crippen LogP contribution in [0.3, 0.4) is 0 Å². The van der Waals surface area contributed by atoms with E-state index in [0.29, 0.717) is 10.6 Å². The van der Waals surface area contributed by atoms with Crippen LogP contribution in [-0.4, -0.2) is 35.7 Å². The highest BCUT2D eigenvalue weighted by atomic mass is 32.2. The fourth-order valence-corrected chi connectivity index (χ4v) is 4.81. The Hall–Kier alpha value is -4.71. The normalized spacial score (nSPS) is 15.7. The molecule has 0 aliphatic carbocycles. The van der Waals surface area contributed by atoms with Crippen LogP contribution in [0.4, 0.5) is 5.69 Å². The van der Waals surface area contributed by atoms with Crippen LogP contribution in [0.15, 0.2) is 86.6 Å². The van der Waals surface area contributed by atoms with Crippen LogP contribution in [0, 0.1) is 0 Å². The van der Waals surface area contributed by atoms with Crippen LogP contribution in [0.25, 0.3) is 17.2 Å². The Morgan fingerprint density at radius 1 is 1.00 bits per heavy atom. The van der Waals surface area contributed by atoms with E-state index >= 15 is 0 Å². The van der Waals surface area contributed by atoms with Gasteiger partial charge in [-0.15, -0.1) is 5.10 Å². The van der Waals surface area contributed by atoms with Crippen molar-refractivity contribution in [1.29, 1.82) is 0 Å². The molecule has 0 spiro atoms. The third kappa shape index (κ3) is 4.49. The van der Waals surface area contributed by atoms with Gasteiger partial charge in [-0.3, -0.25) is 28.4 Å². The molecule has 0 radical (unpaired) electrons. The maximum absolute atomic E-state index is 13.3. The topological polar surface area (TPSA) is 124 Å². The number of aromatic nitrogens is 4. The number of carbonyl (C=O) groups excluding carboxylic acids is 2. The summed E-state index contributed by atoms with van der Waals surface area (Å²) in [7, 11) is 2.86. The molecule has 0 saturated carbocycles. The lowest BCUT2D eigenvalue weighted by Gasteiger charge is -2.15. The Kier molecular flexibility index (Phi) is 6.32. The van der Waals surface area contributed by atoms with Crippen LogP contribution >= 0.6 is 11.8 Å². The summed E-state index contributed by atoms with van der Waals surface area (Å²) in [6.45, 7) is -0.266. The number of hydrogen-bond acceptors (Lipinski definition) is 7. The summed E-state index contributed by atoms with van der Waals surface area (Å²) in [4.78, 5) is 56.8. The van der Waals surface area contributed by atoms with Gasteiger partial charge in [-0.05, 0) is 35.5 Å². The number of hydrogen-bond donors (Lipinski definition) is 1. The van der Waals surface area contributed by atoms with Crippen molar-refractivity contribution in [2.45, 2.75) is 6.54 Å². The first-order valence-electron chi connectivity index (χ1n) is 11.2. The Balaban J connectivity index is 1.43. The first-order chi connectivity index (χ1) is 17.8. The number of nitrogens with one attached hydrogen (secondary N) is 1. The standard InChI is InChI=1S/C25H21N7O4S/c1-29-21-20(23(35)30(2)25(29)36)31(15-26-21)14-19(33)27-28-24-32(17-11-7-4-8-12-17)22(34)18(37-24)13-16-9-5-3-6-10-16/h3-13,15H,14H2,1-2H3,(H,27,33)/b18-13+,28-24+. The molecule has 1 N–H and O–H groups in total. The van der Waals surface area contributed by atoms with E-state index in [9.17, 15) is 19.2 Å². The zero-order valence-corrected chi connectivity index (χ0v) is 20.7. The highest BCUT2D eigenvalue weighted by Gasteiger charge is 2.35. The van der Waals surface area contributed by atoms with Gasteiger partial charge in [-0.2, -0.15) is 0 Å². The molecule has 3 heterocycles. The van der Waals surface area contributed by atoms with E-state index in [2.05, 4.69) is 15.5 Å². The molecule has 2 amide bonds. The van der Waals surface area contributed by atoms with Gasteiger partial charge in [-0.25, -0.2) is 15.2 Å². The molecule has 1 fully saturated rings. The van der Waals surface area contributed by atoms with Crippen molar-refractivity contribution in [2.24, 2.45) is 19.2 Å². The number of benzene rings is 2. The summed E-state index contributed by atoms with van der Waals surface area (Å²) in [5, 5.41) is 4.51. The molecule has 4 aromatic rings. The maximum Gasteiger partial charge on any atom is 0.332 e. The number of anilines is 1. The van der Waals surface area contributed by atoms with Gasteiger partial charge in [0.1, 0.15) is 6.54 Å². The SMILES string of the molecule is Cn1c(=O)c2c(ncn2CC(=O)N/N=C2/S/C(=C/c3ccccc3)C(=O)N2c2ccccc2)n(C)c1=O. The minimum atomic E-state index is -0.558. The zero-order valence-electron chi connectivity index (χ0n) is 19.9. The fourth-order valence-electron chi connectivity index (χ4n) is 3.87. The van der Waals surface area contributed by atoms with Crippen molar-refractivity contribution in [1.82, 2.24) is 24.1 Å². The number of hydrazone groups is 1. The van der Waals surface area contributed by atoms with Crippen molar-refractivity contribution in [3.8, 4) is 0 Å². The first-order valence-corrected chi connectivity index (χ1v) is 12.0. The van der Waals surface area contributed by atoms with Crippen LogP contribution in [0.5, 0.6) is 0 Å². The molecule has 2 aromatic carbocycles. The molecule has 37 heavy (non-hydrogen) atoms. The van der Waals surface area contributed by atoms with Crippen molar-refractivity contribution >= 4 is 51.7 Å². The largest absolute Gasteiger partial charge is 0.332 e. The van der Waals surface area contributed by atoms with Gasteiger partial charge < -0.3 is 4.57 Å². The molecule has 0 unspecified atom stereocenters. The predicted molar refractivity (Wildman–Crippen MR) is 142 cm³/mol. The van der Waals surface area contributed by atoms with Gasteiger partial charge >= 0.3 is 5.69 Å².